The highest BCUT2D eigenvalue weighted by Crippen LogP contribution is 2.22. The minimum atomic E-state index is -0.764. The maximum absolute atomic E-state index is 12.9. The van der Waals surface area contributed by atoms with E-state index in [1.165, 1.54) is 0 Å². The Bertz CT molecular complexity index is 957. The third-order valence-electron chi connectivity index (χ3n) is 4.78. The van der Waals surface area contributed by atoms with Crippen LogP contribution in [0.4, 0.5) is 4.79 Å². The summed E-state index contributed by atoms with van der Waals surface area (Å²) in [6.45, 7) is 1.07. The third-order valence-corrected chi connectivity index (χ3v) is 4.78. The van der Waals surface area contributed by atoms with Gasteiger partial charge in [0.15, 0.2) is 0 Å². The molecule has 7 heteroatoms. The van der Waals surface area contributed by atoms with E-state index in [1.54, 1.807) is 4.90 Å². The highest BCUT2D eigenvalue weighted by Gasteiger charge is 2.25. The number of carbonyl (C=O) groups is 2. The van der Waals surface area contributed by atoms with Gasteiger partial charge in [0.05, 0.1) is 5.69 Å². The number of fused-ring (bicyclic) bond motifs is 1. The second-order valence-electron chi connectivity index (χ2n) is 6.60. The molecule has 4 rings (SSSR count). The Hall–Kier alpha value is -3.35. The predicted octanol–water partition coefficient (Wildman–Crippen LogP) is 2.70. The minimum absolute atomic E-state index is 0.0295. The average molecular weight is 364 g/mol. The van der Waals surface area contributed by atoms with Gasteiger partial charge in [-0.15, -0.1) is 0 Å². The van der Waals surface area contributed by atoms with Crippen LogP contribution in [0, 0.1) is 0 Å². The molecular weight excluding hydrogens is 344 g/mol. The molecule has 1 saturated heterocycles. The standard InChI is InChI=1S/C20H20N4O3/c21-20(26)27-16-7-10-23(11-8-16)19(25)15-5-3-4-14(12-15)17-13-24-9-2-1-6-18(24)22-17/h1-6,9,12-13,16H,7-8,10-11H2,(H2,21,26). The van der Waals surface area contributed by atoms with E-state index in [4.69, 9.17) is 10.5 Å². The molecule has 0 atom stereocenters. The smallest absolute Gasteiger partial charge is 0.404 e. The fourth-order valence-corrected chi connectivity index (χ4v) is 3.41. The Morgan fingerprint density at radius 2 is 1.93 bits per heavy atom. The monoisotopic (exact) mass is 364 g/mol. The minimum Gasteiger partial charge on any atom is -0.446 e. The van der Waals surface area contributed by atoms with E-state index < -0.39 is 6.09 Å². The molecule has 1 aliphatic rings. The van der Waals surface area contributed by atoms with Crippen molar-refractivity contribution in [3.8, 4) is 11.3 Å². The molecule has 0 saturated carbocycles. The molecule has 3 aromatic rings. The third kappa shape index (κ3) is 3.62. The quantitative estimate of drug-likeness (QED) is 0.774. The van der Waals surface area contributed by atoms with Gasteiger partial charge in [-0.3, -0.25) is 4.79 Å². The maximum Gasteiger partial charge on any atom is 0.404 e. The molecule has 3 heterocycles. The number of hydrogen-bond donors (Lipinski definition) is 1. The first-order valence-corrected chi connectivity index (χ1v) is 8.90. The lowest BCUT2D eigenvalue weighted by molar-refractivity contribution is 0.0455. The van der Waals surface area contributed by atoms with Crippen LogP contribution in [0.5, 0.6) is 0 Å². The van der Waals surface area contributed by atoms with E-state index >= 15 is 0 Å². The number of amides is 2. The fraction of sp³-hybridized carbons (Fsp3) is 0.250. The van der Waals surface area contributed by atoms with Gasteiger partial charge >= 0.3 is 6.09 Å². The molecule has 138 valence electrons. The summed E-state index contributed by atoms with van der Waals surface area (Å²) < 4.78 is 6.97. The number of imidazole rings is 1. The summed E-state index contributed by atoms with van der Waals surface area (Å²) in [7, 11) is 0. The van der Waals surface area contributed by atoms with Gasteiger partial charge in [0.1, 0.15) is 11.8 Å². The van der Waals surface area contributed by atoms with Gasteiger partial charge in [-0.05, 0) is 24.3 Å². The number of piperidine rings is 1. The normalized spacial score (nSPS) is 15.0. The van der Waals surface area contributed by atoms with Crippen LogP contribution in [0.25, 0.3) is 16.9 Å². The van der Waals surface area contributed by atoms with Crippen molar-refractivity contribution in [3.63, 3.8) is 0 Å². The van der Waals surface area contributed by atoms with Crippen molar-refractivity contribution in [2.24, 2.45) is 5.73 Å². The highest BCUT2D eigenvalue weighted by molar-refractivity contribution is 5.95. The van der Waals surface area contributed by atoms with Crippen molar-refractivity contribution in [1.82, 2.24) is 14.3 Å². The van der Waals surface area contributed by atoms with E-state index in [0.717, 1.165) is 16.9 Å². The van der Waals surface area contributed by atoms with Crippen molar-refractivity contribution < 1.29 is 14.3 Å². The van der Waals surface area contributed by atoms with E-state index in [2.05, 4.69) is 4.98 Å². The molecule has 27 heavy (non-hydrogen) atoms. The molecule has 0 radical (unpaired) electrons. The summed E-state index contributed by atoms with van der Waals surface area (Å²) in [6.07, 6.45) is 4.11. The van der Waals surface area contributed by atoms with Gasteiger partial charge in [0.2, 0.25) is 0 Å². The first kappa shape index (κ1) is 17.1. The van der Waals surface area contributed by atoms with E-state index in [9.17, 15) is 9.59 Å². The van der Waals surface area contributed by atoms with E-state index in [-0.39, 0.29) is 12.0 Å². The first-order valence-electron chi connectivity index (χ1n) is 8.90. The molecule has 1 fully saturated rings. The summed E-state index contributed by atoms with van der Waals surface area (Å²) in [5, 5.41) is 0. The molecular formula is C20H20N4O3. The van der Waals surface area contributed by atoms with Gasteiger partial charge < -0.3 is 19.8 Å². The number of hydrogen-bond acceptors (Lipinski definition) is 4. The van der Waals surface area contributed by atoms with E-state index in [1.807, 2.05) is 59.3 Å². The summed E-state index contributed by atoms with van der Waals surface area (Å²) in [4.78, 5) is 30.1. The van der Waals surface area contributed by atoms with Crippen molar-refractivity contribution in [2.75, 3.05) is 13.1 Å². The summed E-state index contributed by atoms with van der Waals surface area (Å²) in [6, 6.07) is 13.3. The van der Waals surface area contributed by atoms with Crippen LogP contribution in [0.3, 0.4) is 0 Å². The molecule has 0 aliphatic carbocycles. The molecule has 7 nitrogen and oxygen atoms in total. The zero-order valence-corrected chi connectivity index (χ0v) is 14.7. The van der Waals surface area contributed by atoms with Gasteiger partial charge in [0, 0.05) is 49.5 Å². The van der Waals surface area contributed by atoms with Gasteiger partial charge in [-0.25, -0.2) is 9.78 Å². The zero-order chi connectivity index (χ0) is 18.8. The number of benzene rings is 1. The van der Waals surface area contributed by atoms with Crippen molar-refractivity contribution in [2.45, 2.75) is 18.9 Å². The Labute approximate surface area is 156 Å². The lowest BCUT2D eigenvalue weighted by Gasteiger charge is -2.31. The molecule has 0 bridgehead atoms. The van der Waals surface area contributed by atoms with Crippen LogP contribution in [0.2, 0.25) is 0 Å². The number of rotatable bonds is 3. The van der Waals surface area contributed by atoms with Crippen LogP contribution in [0.15, 0.2) is 54.9 Å². The van der Waals surface area contributed by atoms with Crippen LogP contribution < -0.4 is 5.73 Å². The average Bonchev–Trinajstić information content (AvgIpc) is 3.12. The number of pyridine rings is 1. The van der Waals surface area contributed by atoms with Crippen LogP contribution in [0.1, 0.15) is 23.2 Å². The summed E-state index contributed by atoms with van der Waals surface area (Å²) in [5.74, 6) is -0.0295. The SMILES string of the molecule is NC(=O)OC1CCN(C(=O)c2cccc(-c3cn4ccccc4n3)c2)CC1. The summed E-state index contributed by atoms with van der Waals surface area (Å²) >= 11 is 0. The van der Waals surface area contributed by atoms with Crippen LogP contribution in [-0.2, 0) is 4.74 Å². The van der Waals surface area contributed by atoms with Crippen molar-refractivity contribution in [3.05, 3.63) is 60.4 Å². The highest BCUT2D eigenvalue weighted by atomic mass is 16.6. The lowest BCUT2D eigenvalue weighted by atomic mass is 10.0. The molecule has 0 spiro atoms. The molecule has 2 aromatic heterocycles. The molecule has 1 aromatic carbocycles. The Morgan fingerprint density at radius 1 is 1.11 bits per heavy atom. The van der Waals surface area contributed by atoms with E-state index in [0.29, 0.717) is 31.5 Å². The van der Waals surface area contributed by atoms with Gasteiger partial charge in [0.25, 0.3) is 5.91 Å². The largest absolute Gasteiger partial charge is 0.446 e. The molecule has 0 unspecified atom stereocenters. The topological polar surface area (TPSA) is 89.9 Å². The van der Waals surface area contributed by atoms with Crippen LogP contribution >= 0.6 is 0 Å². The second-order valence-corrected chi connectivity index (χ2v) is 6.60. The second kappa shape index (κ2) is 7.11. The lowest BCUT2D eigenvalue weighted by Crippen LogP contribution is -2.41. The number of primary amides is 1. The van der Waals surface area contributed by atoms with Gasteiger partial charge in [-0.2, -0.15) is 0 Å². The number of likely N-dealkylation sites (tertiary alicyclic amines) is 1. The Morgan fingerprint density at radius 3 is 2.67 bits per heavy atom. The van der Waals surface area contributed by atoms with Crippen LogP contribution in [-0.4, -0.2) is 45.5 Å². The molecule has 1 aliphatic heterocycles. The number of nitrogens with zero attached hydrogens (tertiary/aromatic N) is 3. The predicted molar refractivity (Wildman–Crippen MR) is 100 cm³/mol. The zero-order valence-electron chi connectivity index (χ0n) is 14.7. The Kier molecular flexibility index (Phi) is 4.50. The molecule has 2 amide bonds. The number of nitrogens with two attached hydrogens (primary N) is 1. The molecule has 2 N–H and O–H groups in total. The fourth-order valence-electron chi connectivity index (χ4n) is 3.41. The first-order chi connectivity index (χ1) is 13.1. The van der Waals surface area contributed by atoms with Gasteiger partial charge in [-0.1, -0.05) is 18.2 Å². The number of ether oxygens (including phenoxy) is 1. The Balaban J connectivity index is 1.50. The maximum atomic E-state index is 12.9. The number of carbonyl (C=O) groups excluding carboxylic acids is 2. The summed E-state index contributed by atoms with van der Waals surface area (Å²) in [5.41, 5.74) is 8.27. The number of aromatic nitrogens is 2. The van der Waals surface area contributed by atoms with Crippen molar-refractivity contribution in [1.29, 1.82) is 0 Å². The van der Waals surface area contributed by atoms with Crippen molar-refractivity contribution >= 4 is 17.6 Å².